The second-order valence-corrected chi connectivity index (χ2v) is 4.89. The van der Waals surface area contributed by atoms with Crippen LogP contribution in [0.15, 0.2) is 23.2 Å². The van der Waals surface area contributed by atoms with Crippen molar-refractivity contribution in [3.05, 3.63) is 34.6 Å². The van der Waals surface area contributed by atoms with E-state index in [0.29, 0.717) is 17.3 Å². The molecule has 0 spiro atoms. The number of nitrogens with zero attached hydrogens (tertiary/aromatic N) is 1. The number of carbonyl (C=O) groups is 1. The van der Waals surface area contributed by atoms with Gasteiger partial charge in [-0.15, -0.1) is 0 Å². The van der Waals surface area contributed by atoms with Gasteiger partial charge in [0.25, 0.3) is 5.91 Å². The summed E-state index contributed by atoms with van der Waals surface area (Å²) in [5.74, 6) is 0.0516. The topological polar surface area (TPSA) is 41.5 Å². The van der Waals surface area contributed by atoms with Crippen molar-refractivity contribution in [2.45, 2.75) is 25.8 Å². The fraction of sp³-hybridized carbons (Fsp3) is 0.333. The van der Waals surface area contributed by atoms with Crippen LogP contribution in [0.25, 0.3) is 0 Å². The third-order valence-corrected chi connectivity index (χ3v) is 2.95. The molecule has 0 unspecified atom stereocenters. The standard InChI is InChI=1S/C12H12ClFN2O/c1-12(2)11(17)15-10(16-12)5-7-3-4-8(14)6-9(7)13/h3-4,6H,5H2,1-2H3,(H,15,16,17). The first-order chi connectivity index (χ1) is 7.88. The molecule has 90 valence electrons. The van der Waals surface area contributed by atoms with Crippen molar-refractivity contribution in [2.75, 3.05) is 0 Å². The van der Waals surface area contributed by atoms with Crippen LogP contribution in [0.2, 0.25) is 5.02 Å². The molecule has 0 bridgehead atoms. The highest BCUT2D eigenvalue weighted by atomic mass is 35.5. The van der Waals surface area contributed by atoms with Crippen molar-refractivity contribution < 1.29 is 9.18 Å². The van der Waals surface area contributed by atoms with Crippen molar-refractivity contribution >= 4 is 23.3 Å². The first-order valence-electron chi connectivity index (χ1n) is 5.22. The van der Waals surface area contributed by atoms with Gasteiger partial charge in [0.2, 0.25) is 0 Å². The zero-order valence-corrected chi connectivity index (χ0v) is 10.3. The lowest BCUT2D eigenvalue weighted by atomic mass is 10.1. The molecule has 17 heavy (non-hydrogen) atoms. The molecular weight excluding hydrogens is 243 g/mol. The fourth-order valence-corrected chi connectivity index (χ4v) is 1.86. The lowest BCUT2D eigenvalue weighted by Crippen LogP contribution is -2.34. The quantitative estimate of drug-likeness (QED) is 0.865. The second kappa shape index (κ2) is 4.11. The number of hydrogen-bond acceptors (Lipinski definition) is 2. The molecule has 0 radical (unpaired) electrons. The zero-order chi connectivity index (χ0) is 12.6. The van der Waals surface area contributed by atoms with Gasteiger partial charge in [-0.05, 0) is 31.5 Å². The molecule has 1 aromatic rings. The number of rotatable bonds is 2. The van der Waals surface area contributed by atoms with E-state index in [0.717, 1.165) is 5.56 Å². The number of nitrogens with one attached hydrogen (secondary N) is 1. The lowest BCUT2D eigenvalue weighted by Gasteiger charge is -2.07. The lowest BCUT2D eigenvalue weighted by molar-refractivity contribution is -0.122. The van der Waals surface area contributed by atoms with Crippen molar-refractivity contribution in [2.24, 2.45) is 4.99 Å². The highest BCUT2D eigenvalue weighted by molar-refractivity contribution is 6.31. The molecule has 0 aromatic heterocycles. The Morgan fingerprint density at radius 1 is 1.47 bits per heavy atom. The van der Waals surface area contributed by atoms with Crippen LogP contribution >= 0.6 is 11.6 Å². The normalized spacial score (nSPS) is 17.9. The van der Waals surface area contributed by atoms with E-state index in [1.54, 1.807) is 19.9 Å². The van der Waals surface area contributed by atoms with Gasteiger partial charge in [0.05, 0.1) is 0 Å². The molecule has 0 fully saturated rings. The van der Waals surface area contributed by atoms with Crippen LogP contribution in [0.5, 0.6) is 0 Å². The molecule has 0 saturated carbocycles. The smallest absolute Gasteiger partial charge is 0.252 e. The van der Waals surface area contributed by atoms with Gasteiger partial charge in [0, 0.05) is 11.4 Å². The van der Waals surface area contributed by atoms with Crippen LogP contribution in [0.3, 0.4) is 0 Å². The summed E-state index contributed by atoms with van der Waals surface area (Å²) in [5, 5.41) is 3.03. The minimum Gasteiger partial charge on any atom is -0.312 e. The zero-order valence-electron chi connectivity index (χ0n) is 9.55. The van der Waals surface area contributed by atoms with Crippen LogP contribution in [-0.4, -0.2) is 17.3 Å². The summed E-state index contributed by atoms with van der Waals surface area (Å²) in [6, 6.07) is 4.18. The van der Waals surface area contributed by atoms with Gasteiger partial charge in [0.15, 0.2) is 0 Å². The molecule has 0 atom stereocenters. The maximum absolute atomic E-state index is 12.9. The van der Waals surface area contributed by atoms with E-state index in [1.165, 1.54) is 12.1 Å². The molecule has 5 heteroatoms. The van der Waals surface area contributed by atoms with Crippen molar-refractivity contribution in [1.29, 1.82) is 0 Å². The molecule has 1 aromatic carbocycles. The van der Waals surface area contributed by atoms with E-state index >= 15 is 0 Å². The minimum atomic E-state index is -0.734. The molecule has 1 aliphatic heterocycles. The van der Waals surface area contributed by atoms with Gasteiger partial charge in [-0.1, -0.05) is 17.7 Å². The number of amides is 1. The Morgan fingerprint density at radius 3 is 2.71 bits per heavy atom. The molecule has 1 N–H and O–H groups in total. The number of aliphatic imine (C=N–C) groups is 1. The number of carbonyl (C=O) groups excluding carboxylic acids is 1. The van der Waals surface area contributed by atoms with Crippen LogP contribution in [-0.2, 0) is 11.2 Å². The predicted octanol–water partition coefficient (Wildman–Crippen LogP) is 2.33. The van der Waals surface area contributed by atoms with Crippen molar-refractivity contribution in [3.63, 3.8) is 0 Å². The van der Waals surface area contributed by atoms with Gasteiger partial charge >= 0.3 is 0 Å². The number of amidine groups is 1. The highest BCUT2D eigenvalue weighted by Crippen LogP contribution is 2.21. The first kappa shape index (κ1) is 12.0. The summed E-state index contributed by atoms with van der Waals surface area (Å²) in [6.45, 7) is 3.48. The van der Waals surface area contributed by atoms with E-state index in [4.69, 9.17) is 11.6 Å². The monoisotopic (exact) mass is 254 g/mol. The predicted molar refractivity (Wildman–Crippen MR) is 64.8 cm³/mol. The van der Waals surface area contributed by atoms with Gasteiger partial charge in [-0.25, -0.2) is 4.39 Å². The Labute approximate surface area is 104 Å². The van der Waals surface area contributed by atoms with Crippen LogP contribution in [0.4, 0.5) is 4.39 Å². The molecule has 2 rings (SSSR count). The summed E-state index contributed by atoms with van der Waals surface area (Å²) >= 11 is 5.91. The minimum absolute atomic E-state index is 0.134. The van der Waals surface area contributed by atoms with E-state index in [-0.39, 0.29) is 11.7 Å². The van der Waals surface area contributed by atoms with Gasteiger partial charge in [0.1, 0.15) is 17.2 Å². The largest absolute Gasteiger partial charge is 0.312 e. The first-order valence-corrected chi connectivity index (χ1v) is 5.60. The average molecular weight is 255 g/mol. The maximum Gasteiger partial charge on any atom is 0.252 e. The summed E-state index contributed by atoms with van der Waals surface area (Å²) in [4.78, 5) is 15.8. The summed E-state index contributed by atoms with van der Waals surface area (Å²) in [5.41, 5.74) is 0.00629. The Bertz CT molecular complexity index is 511. The van der Waals surface area contributed by atoms with Crippen LogP contribution < -0.4 is 5.32 Å². The fourth-order valence-electron chi connectivity index (χ4n) is 1.63. The van der Waals surface area contributed by atoms with Gasteiger partial charge in [-0.2, -0.15) is 0 Å². The second-order valence-electron chi connectivity index (χ2n) is 4.48. The van der Waals surface area contributed by atoms with E-state index in [1.807, 2.05) is 0 Å². The summed E-state index contributed by atoms with van der Waals surface area (Å²) in [7, 11) is 0. The molecular formula is C12H12ClFN2O. The Kier molecular flexibility index (Phi) is 2.91. The van der Waals surface area contributed by atoms with Crippen LogP contribution in [0, 0.1) is 5.82 Å². The number of hydrogen-bond donors (Lipinski definition) is 1. The van der Waals surface area contributed by atoms with Gasteiger partial charge < -0.3 is 5.32 Å². The average Bonchev–Trinajstić information content (AvgIpc) is 2.45. The van der Waals surface area contributed by atoms with Crippen molar-refractivity contribution in [3.8, 4) is 0 Å². The third-order valence-electron chi connectivity index (χ3n) is 2.60. The molecule has 1 amide bonds. The Morgan fingerprint density at radius 2 is 2.18 bits per heavy atom. The SMILES string of the molecule is CC1(C)N=C(Cc2ccc(F)cc2Cl)NC1=O. The van der Waals surface area contributed by atoms with E-state index in [9.17, 15) is 9.18 Å². The molecule has 0 saturated heterocycles. The van der Waals surface area contributed by atoms with E-state index < -0.39 is 5.54 Å². The number of benzene rings is 1. The van der Waals surface area contributed by atoms with Crippen molar-refractivity contribution in [1.82, 2.24) is 5.32 Å². The van der Waals surface area contributed by atoms with Crippen LogP contribution in [0.1, 0.15) is 19.4 Å². The number of halogens is 2. The third kappa shape index (κ3) is 2.47. The summed E-state index contributed by atoms with van der Waals surface area (Å²) < 4.78 is 12.9. The van der Waals surface area contributed by atoms with Gasteiger partial charge in [-0.3, -0.25) is 9.79 Å². The highest BCUT2D eigenvalue weighted by Gasteiger charge is 2.33. The Hall–Kier alpha value is -1.42. The maximum atomic E-state index is 12.9. The molecule has 0 aliphatic carbocycles. The molecule has 1 heterocycles. The molecule has 1 aliphatic rings. The van der Waals surface area contributed by atoms with E-state index in [2.05, 4.69) is 10.3 Å². The Balaban J connectivity index is 2.21. The molecule has 3 nitrogen and oxygen atoms in total. The summed E-state index contributed by atoms with van der Waals surface area (Å²) in [6.07, 6.45) is 0.397.